The van der Waals surface area contributed by atoms with E-state index in [1.54, 1.807) is 0 Å². The van der Waals surface area contributed by atoms with Gasteiger partial charge in [-0.2, -0.15) is 0 Å². The highest BCUT2D eigenvalue weighted by molar-refractivity contribution is 5.89. The van der Waals surface area contributed by atoms with Crippen molar-refractivity contribution in [3.8, 4) is 0 Å². The summed E-state index contributed by atoms with van der Waals surface area (Å²) in [6.07, 6.45) is 8.11. The standard InChI is InChI=1S/C27H38N2O3/c1-4-12-28-15-19(27(31)32-25-11-6-5-10-24(25)30)13-21-20-8-7-9-22-26(20)18(14-23(21)28)16-29(22)17(2)3/h7-9,16-17,19,21,23-25,30H,4-6,10-15H2,1-3H3/t19?,21-,23-,24?,25?/m1/s1. The Labute approximate surface area is 191 Å². The third-order valence-electron chi connectivity index (χ3n) is 8.06. The van der Waals surface area contributed by atoms with Gasteiger partial charge in [-0.3, -0.25) is 9.69 Å². The second kappa shape index (κ2) is 8.83. The van der Waals surface area contributed by atoms with Crippen LogP contribution in [0.25, 0.3) is 10.9 Å². The first kappa shape index (κ1) is 22.0. The van der Waals surface area contributed by atoms with Gasteiger partial charge in [-0.15, -0.1) is 0 Å². The molecular weight excluding hydrogens is 400 g/mol. The normalized spacial score (nSPS) is 30.5. The molecule has 1 aliphatic heterocycles. The number of rotatable bonds is 5. The van der Waals surface area contributed by atoms with Crippen molar-refractivity contribution in [2.75, 3.05) is 13.1 Å². The molecule has 1 saturated carbocycles. The van der Waals surface area contributed by atoms with Crippen molar-refractivity contribution >= 4 is 16.9 Å². The summed E-state index contributed by atoms with van der Waals surface area (Å²) in [5.41, 5.74) is 4.19. The molecule has 2 aliphatic carbocycles. The quantitative estimate of drug-likeness (QED) is 0.681. The Hall–Kier alpha value is -1.85. The highest BCUT2D eigenvalue weighted by Gasteiger charge is 2.44. The van der Waals surface area contributed by atoms with Crippen LogP contribution in [0.15, 0.2) is 24.4 Å². The van der Waals surface area contributed by atoms with E-state index in [0.717, 1.165) is 58.0 Å². The Morgan fingerprint density at radius 2 is 2.06 bits per heavy atom. The number of benzene rings is 1. The van der Waals surface area contributed by atoms with Gasteiger partial charge in [0.2, 0.25) is 0 Å². The van der Waals surface area contributed by atoms with E-state index in [1.807, 2.05) is 0 Å². The fraction of sp³-hybridized carbons (Fsp3) is 0.667. The first-order valence-electron chi connectivity index (χ1n) is 12.7. The fourth-order valence-electron chi connectivity index (χ4n) is 6.53. The fourth-order valence-corrected chi connectivity index (χ4v) is 6.53. The van der Waals surface area contributed by atoms with Crippen molar-refractivity contribution in [2.45, 2.75) is 95.9 Å². The van der Waals surface area contributed by atoms with Crippen LogP contribution in [0, 0.1) is 5.92 Å². The van der Waals surface area contributed by atoms with E-state index < -0.39 is 6.10 Å². The van der Waals surface area contributed by atoms with E-state index in [2.05, 4.69) is 54.6 Å². The minimum atomic E-state index is -0.502. The molecule has 0 bridgehead atoms. The van der Waals surface area contributed by atoms with Gasteiger partial charge in [-0.05, 0) is 76.1 Å². The lowest BCUT2D eigenvalue weighted by molar-refractivity contribution is -0.165. The molecule has 2 aromatic rings. The Bertz CT molecular complexity index is 981. The van der Waals surface area contributed by atoms with Crippen LogP contribution in [0.4, 0.5) is 0 Å². The van der Waals surface area contributed by atoms with Gasteiger partial charge >= 0.3 is 5.97 Å². The molecule has 1 aromatic heterocycles. The first-order chi connectivity index (χ1) is 15.5. The molecule has 5 rings (SSSR count). The maximum atomic E-state index is 13.3. The van der Waals surface area contributed by atoms with Crippen LogP contribution in [0.5, 0.6) is 0 Å². The number of esters is 1. The SMILES string of the molecule is CCCN1CC(C(=O)OC2CCCCC2O)C[C@@H]2c3cccc4c3c(cn4C(C)C)C[C@H]21. The summed E-state index contributed by atoms with van der Waals surface area (Å²) in [6.45, 7) is 8.49. The zero-order valence-corrected chi connectivity index (χ0v) is 19.8. The number of fused-ring (bicyclic) bond motifs is 2. The lowest BCUT2D eigenvalue weighted by Crippen LogP contribution is -2.52. The number of likely N-dealkylation sites (tertiary alicyclic amines) is 1. The van der Waals surface area contributed by atoms with Gasteiger partial charge in [0.25, 0.3) is 0 Å². The van der Waals surface area contributed by atoms with E-state index in [4.69, 9.17) is 4.74 Å². The second-order valence-corrected chi connectivity index (χ2v) is 10.5. The highest BCUT2D eigenvalue weighted by Crippen LogP contribution is 2.46. The summed E-state index contributed by atoms with van der Waals surface area (Å²) >= 11 is 0. The number of piperidine rings is 1. The molecule has 1 N–H and O–H groups in total. The number of ether oxygens (including phenoxy) is 1. The number of hydrogen-bond acceptors (Lipinski definition) is 4. The first-order valence-corrected chi connectivity index (χ1v) is 12.7. The molecular formula is C27H38N2O3. The predicted octanol–water partition coefficient (Wildman–Crippen LogP) is 4.81. The van der Waals surface area contributed by atoms with Crippen molar-refractivity contribution in [3.05, 3.63) is 35.5 Å². The van der Waals surface area contributed by atoms with Crippen molar-refractivity contribution in [1.82, 2.24) is 9.47 Å². The van der Waals surface area contributed by atoms with Crippen LogP contribution < -0.4 is 0 Å². The highest BCUT2D eigenvalue weighted by atomic mass is 16.6. The third-order valence-corrected chi connectivity index (χ3v) is 8.06. The van der Waals surface area contributed by atoms with Gasteiger partial charge in [0.05, 0.1) is 12.0 Å². The summed E-state index contributed by atoms with van der Waals surface area (Å²) < 4.78 is 8.32. The smallest absolute Gasteiger partial charge is 0.310 e. The number of aromatic nitrogens is 1. The average molecular weight is 439 g/mol. The summed E-state index contributed by atoms with van der Waals surface area (Å²) in [7, 11) is 0. The Kier molecular flexibility index (Phi) is 6.06. The molecule has 32 heavy (non-hydrogen) atoms. The number of carbonyl (C=O) groups excluding carboxylic acids is 1. The molecule has 0 radical (unpaired) electrons. The van der Waals surface area contributed by atoms with Gasteiger partial charge in [0.1, 0.15) is 6.10 Å². The number of aliphatic hydroxyl groups is 1. The van der Waals surface area contributed by atoms with E-state index in [1.165, 1.54) is 22.0 Å². The Morgan fingerprint density at radius 1 is 1.25 bits per heavy atom. The largest absolute Gasteiger partial charge is 0.459 e. The summed E-state index contributed by atoms with van der Waals surface area (Å²) in [4.78, 5) is 15.8. The van der Waals surface area contributed by atoms with E-state index in [0.29, 0.717) is 18.0 Å². The lowest BCUT2D eigenvalue weighted by atomic mass is 9.72. The van der Waals surface area contributed by atoms with Gasteiger partial charge in [0, 0.05) is 41.6 Å². The van der Waals surface area contributed by atoms with E-state index >= 15 is 0 Å². The number of aliphatic hydroxyl groups excluding tert-OH is 1. The van der Waals surface area contributed by atoms with Crippen LogP contribution >= 0.6 is 0 Å². The zero-order valence-electron chi connectivity index (χ0n) is 19.8. The maximum absolute atomic E-state index is 13.3. The number of nitrogens with zero attached hydrogens (tertiary/aromatic N) is 2. The molecule has 5 nitrogen and oxygen atoms in total. The minimum Gasteiger partial charge on any atom is -0.459 e. The van der Waals surface area contributed by atoms with Gasteiger partial charge in [-0.25, -0.2) is 0 Å². The van der Waals surface area contributed by atoms with Crippen LogP contribution in [0.1, 0.15) is 82.4 Å². The van der Waals surface area contributed by atoms with Crippen LogP contribution in [0.3, 0.4) is 0 Å². The molecule has 3 aliphatic rings. The summed E-state index contributed by atoms with van der Waals surface area (Å²) in [5, 5.41) is 11.7. The minimum absolute atomic E-state index is 0.103. The van der Waals surface area contributed by atoms with E-state index in [9.17, 15) is 9.90 Å². The maximum Gasteiger partial charge on any atom is 0.310 e. The molecule has 1 aromatic carbocycles. The average Bonchev–Trinajstić information content (AvgIpc) is 3.16. The molecule has 5 heteroatoms. The molecule has 0 amide bonds. The third kappa shape index (κ3) is 3.77. The monoisotopic (exact) mass is 438 g/mol. The van der Waals surface area contributed by atoms with Gasteiger partial charge < -0.3 is 14.4 Å². The van der Waals surface area contributed by atoms with Gasteiger partial charge in [0.15, 0.2) is 0 Å². The van der Waals surface area contributed by atoms with Crippen LogP contribution in [-0.2, 0) is 16.0 Å². The zero-order chi connectivity index (χ0) is 22.4. The topological polar surface area (TPSA) is 54.7 Å². The second-order valence-electron chi connectivity index (χ2n) is 10.5. The molecule has 3 unspecified atom stereocenters. The van der Waals surface area contributed by atoms with Crippen molar-refractivity contribution in [2.24, 2.45) is 5.92 Å². The Balaban J connectivity index is 1.45. The molecule has 174 valence electrons. The summed E-state index contributed by atoms with van der Waals surface area (Å²) in [5.74, 6) is 0.123. The van der Waals surface area contributed by atoms with Gasteiger partial charge in [-0.1, -0.05) is 25.5 Å². The lowest BCUT2D eigenvalue weighted by Gasteiger charge is -2.46. The van der Waals surface area contributed by atoms with Crippen molar-refractivity contribution in [3.63, 3.8) is 0 Å². The van der Waals surface area contributed by atoms with Crippen molar-refractivity contribution in [1.29, 1.82) is 0 Å². The van der Waals surface area contributed by atoms with Crippen LogP contribution in [0.2, 0.25) is 0 Å². The van der Waals surface area contributed by atoms with E-state index in [-0.39, 0.29) is 18.0 Å². The molecule has 5 atom stereocenters. The molecule has 1 saturated heterocycles. The Morgan fingerprint density at radius 3 is 2.81 bits per heavy atom. The molecule has 0 spiro atoms. The predicted molar refractivity (Wildman–Crippen MR) is 127 cm³/mol. The number of hydrogen-bond donors (Lipinski definition) is 1. The van der Waals surface area contributed by atoms with Crippen molar-refractivity contribution < 1.29 is 14.6 Å². The van der Waals surface area contributed by atoms with Crippen LogP contribution in [-0.4, -0.2) is 51.9 Å². The summed E-state index contributed by atoms with van der Waals surface area (Å²) in [6, 6.07) is 7.59. The molecule has 2 fully saturated rings. The molecule has 2 heterocycles. The number of carbonyl (C=O) groups is 1.